The Balaban J connectivity index is 2.20. The summed E-state index contributed by atoms with van der Waals surface area (Å²) in [6.45, 7) is 1.76. The van der Waals surface area contributed by atoms with Crippen LogP contribution in [0, 0.1) is 6.92 Å². The highest BCUT2D eigenvalue weighted by molar-refractivity contribution is 6.06. The van der Waals surface area contributed by atoms with Gasteiger partial charge in [-0.2, -0.15) is 4.98 Å². The molecule has 0 atom stereocenters. The van der Waals surface area contributed by atoms with E-state index in [0.717, 1.165) is 0 Å². The number of hydrogen-bond acceptors (Lipinski definition) is 6. The van der Waals surface area contributed by atoms with E-state index in [-0.39, 0.29) is 11.9 Å². The largest absolute Gasteiger partial charge is 0.432 e. The summed E-state index contributed by atoms with van der Waals surface area (Å²) < 4.78 is 5.02. The Kier molecular flexibility index (Phi) is 3.01. The van der Waals surface area contributed by atoms with Crippen molar-refractivity contribution in [2.45, 2.75) is 6.92 Å². The van der Waals surface area contributed by atoms with E-state index in [1.165, 1.54) is 18.7 Å². The van der Waals surface area contributed by atoms with Crippen LogP contribution in [-0.2, 0) is 0 Å². The molecule has 0 unspecified atom stereocenters. The lowest BCUT2D eigenvalue weighted by Gasteiger charge is -2.06. The summed E-state index contributed by atoms with van der Waals surface area (Å²) >= 11 is 0. The van der Waals surface area contributed by atoms with Crippen LogP contribution in [0.1, 0.15) is 16.1 Å². The highest BCUT2D eigenvalue weighted by Gasteiger charge is 2.13. The van der Waals surface area contributed by atoms with Crippen LogP contribution in [0.5, 0.6) is 0 Å². The molecule has 17 heavy (non-hydrogen) atoms. The number of nitrogens with zero attached hydrogens (tertiary/aromatic N) is 2. The van der Waals surface area contributed by atoms with Gasteiger partial charge in [-0.15, -0.1) is 0 Å². The van der Waals surface area contributed by atoms with Gasteiger partial charge < -0.3 is 9.84 Å². The zero-order valence-corrected chi connectivity index (χ0v) is 9.10. The van der Waals surface area contributed by atoms with E-state index >= 15 is 0 Å². The summed E-state index contributed by atoms with van der Waals surface area (Å²) in [6.07, 6.45) is 4.40. The van der Waals surface area contributed by atoms with E-state index in [0.29, 0.717) is 16.9 Å². The normalized spacial score (nSPS) is 10.0. The number of pyridine rings is 1. The van der Waals surface area contributed by atoms with Crippen molar-refractivity contribution in [1.29, 1.82) is 0 Å². The number of amides is 1. The first-order chi connectivity index (χ1) is 8.20. The Morgan fingerprint density at radius 1 is 1.53 bits per heavy atom. The number of anilines is 2. The Hall–Kier alpha value is -2.41. The minimum absolute atomic E-state index is 0.146. The number of carbonyl (C=O) groups is 1. The molecule has 2 aromatic rings. The molecule has 7 nitrogen and oxygen atoms in total. The number of nitrogens with two attached hydrogens (primary N) is 1. The van der Waals surface area contributed by atoms with Gasteiger partial charge >= 0.3 is 6.01 Å². The predicted molar refractivity (Wildman–Crippen MR) is 61.2 cm³/mol. The monoisotopic (exact) mass is 233 g/mol. The van der Waals surface area contributed by atoms with Gasteiger partial charge in [0.2, 0.25) is 0 Å². The number of hydrogen-bond donors (Lipinski definition) is 3. The summed E-state index contributed by atoms with van der Waals surface area (Å²) in [5.41, 5.74) is 3.86. The maximum absolute atomic E-state index is 11.9. The summed E-state index contributed by atoms with van der Waals surface area (Å²) in [4.78, 5) is 19.7. The van der Waals surface area contributed by atoms with Crippen LogP contribution in [0.2, 0.25) is 0 Å². The number of oxazole rings is 1. The number of nitrogen functional groups attached to an aromatic ring is 1. The molecule has 88 valence electrons. The number of aryl methyl sites for hydroxylation is 1. The van der Waals surface area contributed by atoms with Crippen LogP contribution in [0.3, 0.4) is 0 Å². The molecule has 0 aliphatic heterocycles. The number of nitrogens with one attached hydrogen (secondary N) is 2. The van der Waals surface area contributed by atoms with E-state index in [9.17, 15) is 4.79 Å². The van der Waals surface area contributed by atoms with Crippen LogP contribution in [0.4, 0.5) is 11.7 Å². The fourth-order valence-electron chi connectivity index (χ4n) is 1.28. The third kappa shape index (κ3) is 2.40. The van der Waals surface area contributed by atoms with E-state index in [4.69, 9.17) is 10.3 Å². The topological polar surface area (TPSA) is 106 Å². The average Bonchev–Trinajstić information content (AvgIpc) is 2.74. The van der Waals surface area contributed by atoms with Crippen molar-refractivity contribution in [2.75, 3.05) is 10.7 Å². The number of aromatic nitrogens is 2. The minimum atomic E-state index is -0.373. The standard InChI is InChI=1S/C10H11N5O2/c1-6-5-17-10(13-6)14-9(16)7-2-3-12-4-8(7)15-11/h2-5,15H,11H2,1H3,(H,13,14,16). The molecule has 4 N–H and O–H groups in total. The molecule has 0 spiro atoms. The second kappa shape index (κ2) is 4.62. The van der Waals surface area contributed by atoms with E-state index < -0.39 is 0 Å². The molecule has 0 saturated heterocycles. The quantitative estimate of drug-likeness (QED) is 0.537. The highest BCUT2D eigenvalue weighted by atomic mass is 16.4. The van der Waals surface area contributed by atoms with Gasteiger partial charge in [-0.1, -0.05) is 0 Å². The van der Waals surface area contributed by atoms with Gasteiger partial charge in [-0.25, -0.2) is 0 Å². The zero-order chi connectivity index (χ0) is 12.3. The molecule has 7 heteroatoms. The molecule has 0 aliphatic rings. The van der Waals surface area contributed by atoms with Gasteiger partial charge in [0.1, 0.15) is 6.26 Å². The summed E-state index contributed by atoms with van der Waals surface area (Å²) in [5.74, 6) is 4.90. The molecule has 0 aliphatic carbocycles. The maximum atomic E-state index is 11.9. The lowest BCUT2D eigenvalue weighted by Crippen LogP contribution is -2.17. The molecule has 2 aromatic heterocycles. The van der Waals surface area contributed by atoms with Gasteiger partial charge in [0.25, 0.3) is 5.91 Å². The van der Waals surface area contributed by atoms with E-state index in [1.54, 1.807) is 13.0 Å². The fourth-order valence-corrected chi connectivity index (χ4v) is 1.28. The zero-order valence-electron chi connectivity index (χ0n) is 9.10. The molecular weight excluding hydrogens is 222 g/mol. The molecule has 0 saturated carbocycles. The Morgan fingerprint density at radius 3 is 3.00 bits per heavy atom. The Morgan fingerprint density at radius 2 is 2.35 bits per heavy atom. The van der Waals surface area contributed by atoms with Crippen LogP contribution < -0.4 is 16.6 Å². The Labute approximate surface area is 97.0 Å². The minimum Gasteiger partial charge on any atom is -0.432 e. The molecule has 0 fully saturated rings. The number of hydrazine groups is 1. The predicted octanol–water partition coefficient (Wildman–Crippen LogP) is 0.916. The number of rotatable bonds is 3. The van der Waals surface area contributed by atoms with Crippen LogP contribution in [-0.4, -0.2) is 15.9 Å². The lowest BCUT2D eigenvalue weighted by molar-refractivity contribution is 0.102. The van der Waals surface area contributed by atoms with Crippen molar-refractivity contribution in [2.24, 2.45) is 5.84 Å². The van der Waals surface area contributed by atoms with Crippen molar-refractivity contribution >= 4 is 17.6 Å². The van der Waals surface area contributed by atoms with Gasteiger partial charge in [-0.05, 0) is 13.0 Å². The lowest BCUT2D eigenvalue weighted by atomic mass is 10.2. The van der Waals surface area contributed by atoms with E-state index in [2.05, 4.69) is 20.7 Å². The smallest absolute Gasteiger partial charge is 0.301 e. The summed E-state index contributed by atoms with van der Waals surface area (Å²) in [7, 11) is 0. The van der Waals surface area contributed by atoms with Crippen LogP contribution in [0.25, 0.3) is 0 Å². The fraction of sp³-hybridized carbons (Fsp3) is 0.100. The van der Waals surface area contributed by atoms with Crippen LogP contribution in [0.15, 0.2) is 29.1 Å². The molecule has 0 aromatic carbocycles. The third-order valence-corrected chi connectivity index (χ3v) is 2.06. The van der Waals surface area contributed by atoms with Crippen LogP contribution >= 0.6 is 0 Å². The highest BCUT2D eigenvalue weighted by Crippen LogP contribution is 2.14. The van der Waals surface area contributed by atoms with Gasteiger partial charge in [0, 0.05) is 6.20 Å². The average molecular weight is 233 g/mol. The molecular formula is C10H11N5O2. The first kappa shape index (κ1) is 11.1. The SMILES string of the molecule is Cc1coc(NC(=O)c2ccncc2NN)n1. The molecule has 2 heterocycles. The van der Waals surface area contributed by atoms with Gasteiger partial charge in [0.15, 0.2) is 0 Å². The van der Waals surface area contributed by atoms with Crippen molar-refractivity contribution in [3.05, 3.63) is 36.0 Å². The van der Waals surface area contributed by atoms with E-state index in [1.807, 2.05) is 0 Å². The van der Waals surface area contributed by atoms with Gasteiger partial charge in [-0.3, -0.25) is 20.9 Å². The summed E-state index contributed by atoms with van der Waals surface area (Å²) in [6, 6.07) is 1.69. The second-order valence-electron chi connectivity index (χ2n) is 3.31. The molecule has 2 rings (SSSR count). The van der Waals surface area contributed by atoms with Crippen molar-refractivity contribution in [3.8, 4) is 0 Å². The Bertz CT molecular complexity index is 537. The third-order valence-electron chi connectivity index (χ3n) is 2.06. The number of carbonyl (C=O) groups excluding carboxylic acids is 1. The first-order valence-electron chi connectivity index (χ1n) is 4.85. The van der Waals surface area contributed by atoms with Crippen molar-refractivity contribution < 1.29 is 9.21 Å². The summed E-state index contributed by atoms with van der Waals surface area (Å²) in [5, 5.41) is 2.51. The maximum Gasteiger partial charge on any atom is 0.301 e. The molecule has 0 radical (unpaired) electrons. The first-order valence-corrected chi connectivity index (χ1v) is 4.85. The van der Waals surface area contributed by atoms with Crippen molar-refractivity contribution in [1.82, 2.24) is 9.97 Å². The van der Waals surface area contributed by atoms with Gasteiger partial charge in [0.05, 0.1) is 23.1 Å². The molecule has 1 amide bonds. The van der Waals surface area contributed by atoms with Crippen molar-refractivity contribution in [3.63, 3.8) is 0 Å². The second-order valence-corrected chi connectivity index (χ2v) is 3.31. The molecule has 0 bridgehead atoms.